The number of aliphatic hydroxyl groups excluding tert-OH is 1. The SMILES string of the molecule is CCC1CCCCCN1CC(C)(C)CO. The van der Waals surface area contributed by atoms with Crippen molar-refractivity contribution in [2.45, 2.75) is 58.9 Å². The lowest BCUT2D eigenvalue weighted by molar-refractivity contribution is 0.0784. The highest BCUT2D eigenvalue weighted by molar-refractivity contribution is 4.80. The summed E-state index contributed by atoms with van der Waals surface area (Å²) in [5.74, 6) is 0. The van der Waals surface area contributed by atoms with Gasteiger partial charge in [-0.15, -0.1) is 0 Å². The lowest BCUT2D eigenvalue weighted by Gasteiger charge is -2.35. The van der Waals surface area contributed by atoms with E-state index in [1.54, 1.807) is 0 Å². The molecular formula is C13H27NO. The Hall–Kier alpha value is -0.0800. The Kier molecular flexibility index (Phi) is 5.07. The van der Waals surface area contributed by atoms with Gasteiger partial charge in [-0.1, -0.05) is 33.6 Å². The predicted octanol–water partition coefficient (Wildman–Crippen LogP) is 2.66. The summed E-state index contributed by atoms with van der Waals surface area (Å²) >= 11 is 0. The summed E-state index contributed by atoms with van der Waals surface area (Å²) < 4.78 is 0. The molecule has 0 aromatic rings. The standard InChI is InChI=1S/C13H27NO/c1-4-12-8-6-5-7-9-14(12)10-13(2,3)11-15/h12,15H,4-11H2,1-3H3. The number of aliphatic hydroxyl groups is 1. The zero-order chi connectivity index (χ0) is 11.3. The quantitative estimate of drug-likeness (QED) is 0.776. The molecule has 1 heterocycles. The molecule has 15 heavy (non-hydrogen) atoms. The van der Waals surface area contributed by atoms with Crippen molar-refractivity contribution in [2.24, 2.45) is 5.41 Å². The molecule has 1 saturated heterocycles. The lowest BCUT2D eigenvalue weighted by atomic mass is 9.93. The summed E-state index contributed by atoms with van der Waals surface area (Å²) in [5, 5.41) is 9.33. The fraction of sp³-hybridized carbons (Fsp3) is 1.00. The van der Waals surface area contributed by atoms with E-state index in [-0.39, 0.29) is 5.41 Å². The third kappa shape index (κ3) is 4.12. The highest BCUT2D eigenvalue weighted by Gasteiger charge is 2.26. The third-order valence-electron chi connectivity index (χ3n) is 3.53. The molecule has 0 bridgehead atoms. The van der Waals surface area contributed by atoms with E-state index in [0.717, 1.165) is 12.6 Å². The largest absolute Gasteiger partial charge is 0.396 e. The second-order valence-electron chi connectivity index (χ2n) is 5.70. The van der Waals surface area contributed by atoms with Crippen LogP contribution in [0.4, 0.5) is 0 Å². The van der Waals surface area contributed by atoms with Crippen molar-refractivity contribution >= 4 is 0 Å². The van der Waals surface area contributed by atoms with E-state index in [1.165, 1.54) is 38.6 Å². The minimum atomic E-state index is 0.0533. The van der Waals surface area contributed by atoms with Crippen molar-refractivity contribution in [3.05, 3.63) is 0 Å². The van der Waals surface area contributed by atoms with Crippen molar-refractivity contribution in [1.82, 2.24) is 4.90 Å². The van der Waals surface area contributed by atoms with Gasteiger partial charge < -0.3 is 5.11 Å². The molecule has 0 saturated carbocycles. The molecule has 2 heteroatoms. The molecule has 0 radical (unpaired) electrons. The summed E-state index contributed by atoms with van der Waals surface area (Å²) in [6.45, 7) is 9.16. The molecule has 1 N–H and O–H groups in total. The zero-order valence-corrected chi connectivity index (χ0v) is 10.6. The smallest absolute Gasteiger partial charge is 0.0494 e. The number of likely N-dealkylation sites (tertiary alicyclic amines) is 1. The molecule has 2 nitrogen and oxygen atoms in total. The van der Waals surface area contributed by atoms with E-state index in [1.807, 2.05) is 0 Å². The highest BCUT2D eigenvalue weighted by Crippen LogP contribution is 2.24. The van der Waals surface area contributed by atoms with Crippen LogP contribution in [0.5, 0.6) is 0 Å². The van der Waals surface area contributed by atoms with E-state index in [4.69, 9.17) is 0 Å². The maximum absolute atomic E-state index is 9.33. The van der Waals surface area contributed by atoms with E-state index < -0.39 is 0 Å². The monoisotopic (exact) mass is 213 g/mol. The van der Waals surface area contributed by atoms with Gasteiger partial charge in [-0.25, -0.2) is 0 Å². The Bertz CT molecular complexity index is 179. The van der Waals surface area contributed by atoms with E-state index in [0.29, 0.717) is 6.61 Å². The van der Waals surface area contributed by atoms with Crippen LogP contribution in [0.2, 0.25) is 0 Å². The zero-order valence-electron chi connectivity index (χ0n) is 10.6. The van der Waals surface area contributed by atoms with Crippen LogP contribution < -0.4 is 0 Å². The Morgan fingerprint density at radius 1 is 1.27 bits per heavy atom. The van der Waals surface area contributed by atoms with E-state index in [9.17, 15) is 5.11 Å². The summed E-state index contributed by atoms with van der Waals surface area (Å²) in [6, 6.07) is 0.748. The van der Waals surface area contributed by atoms with Crippen molar-refractivity contribution in [2.75, 3.05) is 19.7 Å². The Morgan fingerprint density at radius 3 is 2.60 bits per heavy atom. The number of hydrogen-bond donors (Lipinski definition) is 1. The minimum Gasteiger partial charge on any atom is -0.396 e. The number of rotatable bonds is 4. The van der Waals surface area contributed by atoms with Gasteiger partial charge in [0.25, 0.3) is 0 Å². The Morgan fingerprint density at radius 2 is 2.00 bits per heavy atom. The van der Waals surface area contributed by atoms with Crippen molar-refractivity contribution in [1.29, 1.82) is 0 Å². The molecule has 1 unspecified atom stereocenters. The number of hydrogen-bond acceptors (Lipinski definition) is 2. The molecule has 1 aliphatic rings. The maximum atomic E-state index is 9.33. The van der Waals surface area contributed by atoms with Gasteiger partial charge in [-0.05, 0) is 25.8 Å². The molecule has 1 atom stereocenters. The molecule has 1 aliphatic heterocycles. The van der Waals surface area contributed by atoms with Crippen LogP contribution in [0.25, 0.3) is 0 Å². The van der Waals surface area contributed by atoms with Crippen LogP contribution in [-0.4, -0.2) is 35.7 Å². The first-order valence-corrected chi connectivity index (χ1v) is 6.44. The lowest BCUT2D eigenvalue weighted by Crippen LogP contribution is -2.42. The van der Waals surface area contributed by atoms with Crippen LogP contribution in [-0.2, 0) is 0 Å². The molecule has 90 valence electrons. The van der Waals surface area contributed by atoms with Crippen LogP contribution in [0, 0.1) is 5.41 Å². The molecule has 1 fully saturated rings. The fourth-order valence-corrected chi connectivity index (χ4v) is 2.51. The molecule has 0 spiro atoms. The first-order chi connectivity index (χ1) is 7.09. The van der Waals surface area contributed by atoms with Crippen LogP contribution in [0.1, 0.15) is 52.9 Å². The predicted molar refractivity (Wildman–Crippen MR) is 65.0 cm³/mol. The van der Waals surface area contributed by atoms with Gasteiger partial charge >= 0.3 is 0 Å². The normalized spacial score (nSPS) is 25.2. The van der Waals surface area contributed by atoms with E-state index in [2.05, 4.69) is 25.7 Å². The fourth-order valence-electron chi connectivity index (χ4n) is 2.51. The van der Waals surface area contributed by atoms with Gasteiger partial charge in [0.1, 0.15) is 0 Å². The van der Waals surface area contributed by atoms with Crippen molar-refractivity contribution in [3.8, 4) is 0 Å². The molecule has 0 aromatic heterocycles. The van der Waals surface area contributed by atoms with Gasteiger partial charge in [-0.3, -0.25) is 4.90 Å². The van der Waals surface area contributed by atoms with Crippen LogP contribution in [0.15, 0.2) is 0 Å². The number of nitrogens with zero attached hydrogens (tertiary/aromatic N) is 1. The highest BCUT2D eigenvalue weighted by atomic mass is 16.3. The van der Waals surface area contributed by atoms with Gasteiger partial charge in [-0.2, -0.15) is 0 Å². The van der Waals surface area contributed by atoms with Gasteiger partial charge in [0.2, 0.25) is 0 Å². The minimum absolute atomic E-state index is 0.0533. The first-order valence-electron chi connectivity index (χ1n) is 6.44. The second kappa shape index (κ2) is 5.86. The first kappa shape index (κ1) is 13.0. The van der Waals surface area contributed by atoms with Gasteiger partial charge in [0.05, 0.1) is 0 Å². The summed E-state index contributed by atoms with van der Waals surface area (Å²) in [7, 11) is 0. The van der Waals surface area contributed by atoms with Crippen LogP contribution >= 0.6 is 0 Å². The topological polar surface area (TPSA) is 23.5 Å². The van der Waals surface area contributed by atoms with Crippen molar-refractivity contribution in [3.63, 3.8) is 0 Å². The molecule has 1 rings (SSSR count). The van der Waals surface area contributed by atoms with Gasteiger partial charge in [0, 0.05) is 24.6 Å². The Labute approximate surface area is 94.7 Å². The average Bonchev–Trinajstić information content (AvgIpc) is 2.42. The molecule has 0 aliphatic carbocycles. The molecule has 0 aromatic carbocycles. The molecular weight excluding hydrogens is 186 g/mol. The third-order valence-corrected chi connectivity index (χ3v) is 3.53. The van der Waals surface area contributed by atoms with Crippen LogP contribution in [0.3, 0.4) is 0 Å². The summed E-state index contributed by atoms with van der Waals surface area (Å²) in [4.78, 5) is 2.60. The Balaban J connectivity index is 2.55. The summed E-state index contributed by atoms with van der Waals surface area (Å²) in [5.41, 5.74) is 0.0533. The summed E-state index contributed by atoms with van der Waals surface area (Å²) in [6.07, 6.45) is 6.69. The van der Waals surface area contributed by atoms with Crippen molar-refractivity contribution < 1.29 is 5.11 Å². The van der Waals surface area contributed by atoms with E-state index >= 15 is 0 Å². The maximum Gasteiger partial charge on any atom is 0.0494 e. The average molecular weight is 213 g/mol. The second-order valence-corrected chi connectivity index (χ2v) is 5.70. The van der Waals surface area contributed by atoms with Gasteiger partial charge in [0.15, 0.2) is 0 Å². The molecule has 0 amide bonds.